The van der Waals surface area contributed by atoms with Crippen molar-refractivity contribution in [3.05, 3.63) is 81.5 Å². The third-order valence-electron chi connectivity index (χ3n) is 7.67. The average molecular weight is 512 g/mol. The smallest absolute Gasteiger partial charge is 0.321 e. The average Bonchev–Trinajstić information content (AvgIpc) is 3.29. The number of piperazine rings is 1. The second kappa shape index (κ2) is 10.1. The SMILES string of the molecule is Cc1ccc(NC(=O)N2CCN(c3nc(Cc4ccccc4)nc4sc5c(c34)CCCC5)CC2)cc1C. The molecule has 4 aromatic rings. The van der Waals surface area contributed by atoms with Crippen LogP contribution in [0.2, 0.25) is 0 Å². The Morgan fingerprint density at radius 3 is 2.51 bits per heavy atom. The van der Waals surface area contributed by atoms with Crippen LogP contribution in [0.4, 0.5) is 16.3 Å². The van der Waals surface area contributed by atoms with Gasteiger partial charge >= 0.3 is 6.03 Å². The molecule has 0 spiro atoms. The van der Waals surface area contributed by atoms with E-state index in [1.54, 1.807) is 0 Å². The van der Waals surface area contributed by atoms with E-state index < -0.39 is 0 Å². The van der Waals surface area contributed by atoms with Crippen LogP contribution in [-0.4, -0.2) is 47.1 Å². The van der Waals surface area contributed by atoms with E-state index in [-0.39, 0.29) is 6.03 Å². The monoisotopic (exact) mass is 511 g/mol. The number of benzene rings is 2. The molecular weight excluding hydrogens is 478 g/mol. The van der Waals surface area contributed by atoms with Gasteiger partial charge in [0.25, 0.3) is 0 Å². The van der Waals surface area contributed by atoms with Crippen LogP contribution in [0.25, 0.3) is 10.2 Å². The van der Waals surface area contributed by atoms with Crippen molar-refractivity contribution >= 4 is 39.1 Å². The molecule has 0 saturated carbocycles. The first-order chi connectivity index (χ1) is 18.0. The molecule has 37 heavy (non-hydrogen) atoms. The van der Waals surface area contributed by atoms with Gasteiger partial charge < -0.3 is 15.1 Å². The number of nitrogens with zero attached hydrogens (tertiary/aromatic N) is 4. The number of aryl methyl sites for hydroxylation is 4. The third kappa shape index (κ3) is 4.92. The molecule has 1 saturated heterocycles. The Bertz CT molecular complexity index is 1440. The van der Waals surface area contributed by atoms with Gasteiger partial charge in [-0.15, -0.1) is 11.3 Å². The van der Waals surface area contributed by atoms with Crippen LogP contribution in [0.5, 0.6) is 0 Å². The molecule has 190 valence electrons. The molecule has 1 aliphatic carbocycles. The summed E-state index contributed by atoms with van der Waals surface area (Å²) in [5.74, 6) is 1.94. The molecule has 1 fully saturated rings. The zero-order valence-corrected chi connectivity index (χ0v) is 22.4. The van der Waals surface area contributed by atoms with E-state index in [0.717, 1.165) is 54.5 Å². The molecule has 2 amide bonds. The van der Waals surface area contributed by atoms with Gasteiger partial charge in [-0.2, -0.15) is 0 Å². The highest BCUT2D eigenvalue weighted by Crippen LogP contribution is 2.40. The Balaban J connectivity index is 1.24. The zero-order valence-electron chi connectivity index (χ0n) is 21.6. The minimum atomic E-state index is -0.0339. The largest absolute Gasteiger partial charge is 0.352 e. The Hall–Kier alpha value is -3.45. The molecule has 2 aliphatic rings. The summed E-state index contributed by atoms with van der Waals surface area (Å²) >= 11 is 1.86. The number of carbonyl (C=O) groups excluding carboxylic acids is 1. The van der Waals surface area contributed by atoms with E-state index in [4.69, 9.17) is 9.97 Å². The molecule has 0 atom stereocenters. The molecule has 2 aromatic heterocycles. The van der Waals surface area contributed by atoms with E-state index in [2.05, 4.69) is 54.4 Å². The number of anilines is 2. The summed E-state index contributed by atoms with van der Waals surface area (Å²) in [5, 5.41) is 4.34. The fraction of sp³-hybridized carbons (Fsp3) is 0.367. The van der Waals surface area contributed by atoms with Gasteiger partial charge in [0.2, 0.25) is 0 Å². The van der Waals surface area contributed by atoms with Crippen LogP contribution in [-0.2, 0) is 19.3 Å². The predicted octanol–water partition coefficient (Wildman–Crippen LogP) is 6.13. The highest BCUT2D eigenvalue weighted by atomic mass is 32.1. The number of thiophene rings is 1. The quantitative estimate of drug-likeness (QED) is 0.358. The number of aromatic nitrogens is 2. The molecule has 2 aromatic carbocycles. The van der Waals surface area contributed by atoms with Crippen molar-refractivity contribution in [1.82, 2.24) is 14.9 Å². The third-order valence-corrected chi connectivity index (χ3v) is 8.86. The van der Waals surface area contributed by atoms with Crippen molar-refractivity contribution in [2.45, 2.75) is 46.0 Å². The van der Waals surface area contributed by atoms with Gasteiger partial charge in [0.15, 0.2) is 0 Å². The summed E-state index contributed by atoms with van der Waals surface area (Å²) in [7, 11) is 0. The molecule has 1 aliphatic heterocycles. The minimum Gasteiger partial charge on any atom is -0.352 e. The van der Waals surface area contributed by atoms with Crippen LogP contribution < -0.4 is 10.2 Å². The van der Waals surface area contributed by atoms with E-state index in [1.165, 1.54) is 45.4 Å². The summed E-state index contributed by atoms with van der Waals surface area (Å²) in [6.07, 6.45) is 5.48. The van der Waals surface area contributed by atoms with Crippen molar-refractivity contribution in [3.63, 3.8) is 0 Å². The number of rotatable bonds is 4. The molecule has 7 heteroatoms. The standard InChI is InChI=1S/C30H33N5OS/c1-20-12-13-23(18-21(20)2)31-30(36)35-16-14-34(15-17-35)28-27-24-10-6-7-11-25(24)37-29(27)33-26(32-28)19-22-8-4-3-5-9-22/h3-5,8-9,12-13,18H,6-7,10-11,14-17,19H2,1-2H3,(H,31,36). The lowest BCUT2D eigenvalue weighted by atomic mass is 9.96. The molecule has 0 unspecified atom stereocenters. The number of amides is 2. The first-order valence-corrected chi connectivity index (χ1v) is 14.1. The van der Waals surface area contributed by atoms with Crippen LogP contribution in [0.3, 0.4) is 0 Å². The predicted molar refractivity (Wildman–Crippen MR) is 152 cm³/mol. The van der Waals surface area contributed by atoms with E-state index >= 15 is 0 Å². The molecular formula is C30H33N5OS. The first-order valence-electron chi connectivity index (χ1n) is 13.3. The zero-order chi connectivity index (χ0) is 25.4. The summed E-state index contributed by atoms with van der Waals surface area (Å²) in [6.45, 7) is 7.02. The van der Waals surface area contributed by atoms with Crippen molar-refractivity contribution in [2.75, 3.05) is 36.4 Å². The Kier molecular flexibility index (Phi) is 6.55. The number of urea groups is 1. The van der Waals surface area contributed by atoms with Gasteiger partial charge in [-0.25, -0.2) is 14.8 Å². The summed E-state index contributed by atoms with van der Waals surface area (Å²) in [4.78, 5) is 30.1. The van der Waals surface area contributed by atoms with E-state index in [9.17, 15) is 4.79 Å². The minimum absolute atomic E-state index is 0.0339. The normalized spacial score (nSPS) is 15.6. The van der Waals surface area contributed by atoms with Crippen LogP contribution in [0.15, 0.2) is 48.5 Å². The molecule has 0 radical (unpaired) electrons. The Labute approximate surface area is 222 Å². The number of carbonyl (C=O) groups is 1. The number of fused-ring (bicyclic) bond motifs is 3. The Morgan fingerprint density at radius 2 is 1.73 bits per heavy atom. The Morgan fingerprint density at radius 1 is 0.946 bits per heavy atom. The number of hydrogen-bond acceptors (Lipinski definition) is 5. The van der Waals surface area contributed by atoms with Gasteiger partial charge in [-0.1, -0.05) is 36.4 Å². The van der Waals surface area contributed by atoms with E-state index in [0.29, 0.717) is 13.1 Å². The molecule has 0 bridgehead atoms. The summed E-state index contributed by atoms with van der Waals surface area (Å²) in [5.41, 5.74) is 5.94. The van der Waals surface area contributed by atoms with Crippen molar-refractivity contribution < 1.29 is 4.79 Å². The first kappa shape index (κ1) is 23.9. The molecule has 6 nitrogen and oxygen atoms in total. The summed E-state index contributed by atoms with van der Waals surface area (Å²) < 4.78 is 0. The second-order valence-electron chi connectivity index (χ2n) is 10.2. The number of hydrogen-bond donors (Lipinski definition) is 1. The van der Waals surface area contributed by atoms with Gasteiger partial charge in [0.05, 0.1) is 5.39 Å². The van der Waals surface area contributed by atoms with Crippen LogP contribution in [0, 0.1) is 13.8 Å². The molecule has 1 N–H and O–H groups in total. The van der Waals surface area contributed by atoms with Gasteiger partial charge in [0.1, 0.15) is 16.5 Å². The topological polar surface area (TPSA) is 61.4 Å². The molecule has 3 heterocycles. The van der Waals surface area contributed by atoms with Crippen molar-refractivity contribution in [3.8, 4) is 0 Å². The fourth-order valence-corrected chi connectivity index (χ4v) is 6.69. The maximum atomic E-state index is 13.0. The fourth-order valence-electron chi connectivity index (χ4n) is 5.41. The van der Waals surface area contributed by atoms with E-state index in [1.807, 2.05) is 34.4 Å². The van der Waals surface area contributed by atoms with Crippen molar-refractivity contribution in [1.29, 1.82) is 0 Å². The van der Waals surface area contributed by atoms with Gasteiger partial charge in [0, 0.05) is 43.2 Å². The van der Waals surface area contributed by atoms with Crippen molar-refractivity contribution in [2.24, 2.45) is 0 Å². The molecule has 6 rings (SSSR count). The highest BCUT2D eigenvalue weighted by Gasteiger charge is 2.27. The second-order valence-corrected chi connectivity index (χ2v) is 11.3. The van der Waals surface area contributed by atoms with Gasteiger partial charge in [-0.05, 0) is 73.9 Å². The maximum absolute atomic E-state index is 13.0. The highest BCUT2D eigenvalue weighted by molar-refractivity contribution is 7.19. The van der Waals surface area contributed by atoms with Crippen LogP contribution >= 0.6 is 11.3 Å². The maximum Gasteiger partial charge on any atom is 0.321 e. The van der Waals surface area contributed by atoms with Gasteiger partial charge in [-0.3, -0.25) is 0 Å². The summed E-state index contributed by atoms with van der Waals surface area (Å²) in [6, 6.07) is 16.5. The number of nitrogens with one attached hydrogen (secondary N) is 1. The lowest BCUT2D eigenvalue weighted by Gasteiger charge is -2.36. The lowest BCUT2D eigenvalue weighted by molar-refractivity contribution is 0.208. The lowest BCUT2D eigenvalue weighted by Crippen LogP contribution is -2.50. The van der Waals surface area contributed by atoms with Crippen LogP contribution in [0.1, 0.15) is 45.8 Å².